The van der Waals surface area contributed by atoms with Gasteiger partial charge in [0, 0.05) is 22.7 Å². The summed E-state index contributed by atoms with van der Waals surface area (Å²) in [7, 11) is 1.60. The molecule has 2 N–H and O–H groups in total. The van der Waals surface area contributed by atoms with Gasteiger partial charge in [-0.05, 0) is 53.9 Å². The van der Waals surface area contributed by atoms with Crippen LogP contribution in [-0.4, -0.2) is 39.8 Å². The predicted molar refractivity (Wildman–Crippen MR) is 142 cm³/mol. The zero-order valence-corrected chi connectivity index (χ0v) is 21.5. The Kier molecular flexibility index (Phi) is 7.06. The molecule has 190 valence electrons. The molecule has 5 rings (SSSR count). The van der Waals surface area contributed by atoms with Crippen LogP contribution in [0.1, 0.15) is 53.0 Å². The number of rotatable bonds is 9. The van der Waals surface area contributed by atoms with Gasteiger partial charge in [-0.1, -0.05) is 55.3 Å². The van der Waals surface area contributed by atoms with Gasteiger partial charge in [0.15, 0.2) is 11.5 Å². The molecule has 0 bridgehead atoms. The maximum atomic E-state index is 13.7. The largest absolute Gasteiger partial charge is 0.507 e. The van der Waals surface area contributed by atoms with Gasteiger partial charge in [0.05, 0.1) is 19.8 Å². The van der Waals surface area contributed by atoms with Crippen LogP contribution in [0.4, 0.5) is 0 Å². The van der Waals surface area contributed by atoms with Gasteiger partial charge < -0.3 is 19.5 Å². The lowest BCUT2D eigenvalue weighted by atomic mass is 9.95. The Balaban J connectivity index is 1.61. The lowest BCUT2D eigenvalue weighted by Gasteiger charge is -2.27. The van der Waals surface area contributed by atoms with Crippen LogP contribution in [0, 0.1) is 0 Å². The molecule has 0 saturated heterocycles. The van der Waals surface area contributed by atoms with E-state index in [2.05, 4.69) is 17.1 Å². The third-order valence-electron chi connectivity index (χ3n) is 6.55. The Labute approximate surface area is 220 Å². The van der Waals surface area contributed by atoms with E-state index in [4.69, 9.17) is 21.1 Å². The molecule has 1 aliphatic heterocycles. The first-order valence-corrected chi connectivity index (χ1v) is 12.6. The van der Waals surface area contributed by atoms with E-state index in [1.165, 1.54) is 0 Å². The summed E-state index contributed by atoms with van der Waals surface area (Å²) in [4.78, 5) is 15.5. The number of hydrogen-bond acceptors (Lipinski definition) is 5. The number of benzene rings is 3. The van der Waals surface area contributed by atoms with Crippen molar-refractivity contribution in [1.82, 2.24) is 15.1 Å². The number of carbonyl (C=O) groups is 1. The first-order chi connectivity index (χ1) is 18.0. The Morgan fingerprint density at radius 1 is 1.08 bits per heavy atom. The fraction of sp³-hybridized carbons (Fsp3) is 0.241. The molecule has 0 aliphatic carbocycles. The third-order valence-corrected chi connectivity index (χ3v) is 6.80. The average Bonchev–Trinajstić information content (AvgIpc) is 3.45. The smallest absolute Gasteiger partial charge is 0.273 e. The van der Waals surface area contributed by atoms with Crippen molar-refractivity contribution >= 4 is 17.5 Å². The number of methoxy groups -OCH3 is 1. The molecule has 1 unspecified atom stereocenters. The maximum Gasteiger partial charge on any atom is 0.273 e. The highest BCUT2D eigenvalue weighted by Gasteiger charge is 2.42. The minimum absolute atomic E-state index is 0.0939. The Hall–Kier alpha value is -3.97. The summed E-state index contributed by atoms with van der Waals surface area (Å²) in [6, 6.07) is 19.7. The number of amides is 1. The molecule has 0 fully saturated rings. The van der Waals surface area contributed by atoms with E-state index < -0.39 is 6.04 Å². The number of phenols is 1. The van der Waals surface area contributed by atoms with Crippen LogP contribution in [0.25, 0.3) is 11.3 Å². The fourth-order valence-corrected chi connectivity index (χ4v) is 4.80. The number of nitrogens with one attached hydrogen (secondary N) is 1. The average molecular weight is 518 g/mol. The van der Waals surface area contributed by atoms with Gasteiger partial charge in [0.1, 0.15) is 17.1 Å². The van der Waals surface area contributed by atoms with E-state index >= 15 is 0 Å². The van der Waals surface area contributed by atoms with E-state index in [0.29, 0.717) is 52.2 Å². The topological polar surface area (TPSA) is 87.7 Å². The van der Waals surface area contributed by atoms with Crippen molar-refractivity contribution in [2.24, 2.45) is 0 Å². The quantitative estimate of drug-likeness (QED) is 0.252. The second-order valence-electron chi connectivity index (χ2n) is 8.95. The van der Waals surface area contributed by atoms with E-state index in [1.807, 2.05) is 48.5 Å². The molecule has 1 atom stereocenters. The molecule has 1 amide bonds. The number of phenolic OH excluding ortho intramolecular Hbond substituents is 1. The molecule has 4 aromatic rings. The molecule has 0 radical (unpaired) electrons. The molecule has 1 aromatic heterocycles. The van der Waals surface area contributed by atoms with E-state index in [1.54, 1.807) is 30.2 Å². The highest BCUT2D eigenvalue weighted by Crippen LogP contribution is 2.46. The van der Waals surface area contributed by atoms with Gasteiger partial charge in [0.2, 0.25) is 0 Å². The summed E-state index contributed by atoms with van der Waals surface area (Å²) in [5.74, 6) is 1.16. The fourth-order valence-electron chi connectivity index (χ4n) is 4.67. The van der Waals surface area contributed by atoms with Crippen LogP contribution in [-0.2, 0) is 6.54 Å². The standard InChI is InChI=1S/C29H28ClN3O4/c1-3-4-15-37-23-14-11-19(16-24(23)36-2)28-25-26(21-7-5-6-8-22(21)34)31-32-27(25)29(35)33(28)17-18-9-12-20(30)13-10-18/h5-14,16,28,34H,3-4,15,17H2,1-2H3,(H,31,32). The molecule has 2 heterocycles. The highest BCUT2D eigenvalue weighted by molar-refractivity contribution is 6.30. The van der Waals surface area contributed by atoms with Crippen LogP contribution in [0.2, 0.25) is 5.02 Å². The number of nitrogens with zero attached hydrogens (tertiary/aromatic N) is 2. The first-order valence-electron chi connectivity index (χ1n) is 12.2. The van der Waals surface area contributed by atoms with E-state index in [-0.39, 0.29) is 11.7 Å². The second-order valence-corrected chi connectivity index (χ2v) is 9.39. The Morgan fingerprint density at radius 3 is 2.59 bits per heavy atom. The third kappa shape index (κ3) is 4.74. The van der Waals surface area contributed by atoms with E-state index in [0.717, 1.165) is 24.0 Å². The van der Waals surface area contributed by atoms with Crippen molar-refractivity contribution in [3.63, 3.8) is 0 Å². The SMILES string of the molecule is CCCCOc1ccc(C2c3c(-c4ccccc4O)n[nH]c3C(=O)N2Cc2ccc(Cl)cc2)cc1OC. The molecule has 0 saturated carbocycles. The van der Waals surface area contributed by atoms with Gasteiger partial charge in [0.25, 0.3) is 5.91 Å². The van der Waals surface area contributed by atoms with Crippen LogP contribution in [0.3, 0.4) is 0 Å². The molecule has 7 nitrogen and oxygen atoms in total. The summed E-state index contributed by atoms with van der Waals surface area (Å²) in [6.45, 7) is 3.07. The Bertz CT molecular complexity index is 1420. The number of aromatic amines is 1. The lowest BCUT2D eigenvalue weighted by Crippen LogP contribution is -2.29. The monoisotopic (exact) mass is 517 g/mol. The molecular formula is C29H28ClN3O4. The van der Waals surface area contributed by atoms with Crippen LogP contribution in [0.15, 0.2) is 66.7 Å². The van der Waals surface area contributed by atoms with Gasteiger partial charge in [-0.25, -0.2) is 0 Å². The van der Waals surface area contributed by atoms with Crippen LogP contribution >= 0.6 is 11.6 Å². The summed E-state index contributed by atoms with van der Waals surface area (Å²) in [6.07, 6.45) is 1.97. The van der Waals surface area contributed by atoms with Crippen LogP contribution < -0.4 is 9.47 Å². The summed E-state index contributed by atoms with van der Waals surface area (Å²) >= 11 is 6.09. The number of ether oxygens (including phenoxy) is 2. The van der Waals surface area contributed by atoms with Crippen molar-refractivity contribution < 1.29 is 19.4 Å². The number of aromatic nitrogens is 2. The number of hydrogen-bond donors (Lipinski definition) is 2. The van der Waals surface area contributed by atoms with Crippen LogP contribution in [0.5, 0.6) is 17.2 Å². The zero-order valence-electron chi connectivity index (χ0n) is 20.7. The zero-order chi connectivity index (χ0) is 25.9. The van der Waals surface area contributed by atoms with E-state index in [9.17, 15) is 9.90 Å². The van der Waals surface area contributed by atoms with Gasteiger partial charge in [-0.15, -0.1) is 0 Å². The molecule has 0 spiro atoms. The molecular weight excluding hydrogens is 490 g/mol. The number of halogens is 1. The van der Waals surface area contributed by atoms with Gasteiger partial charge in [-0.2, -0.15) is 5.10 Å². The van der Waals surface area contributed by atoms with Crippen molar-refractivity contribution in [2.75, 3.05) is 13.7 Å². The Morgan fingerprint density at radius 2 is 1.86 bits per heavy atom. The normalized spacial score (nSPS) is 14.6. The maximum absolute atomic E-state index is 13.7. The number of para-hydroxylation sites is 1. The second kappa shape index (κ2) is 10.6. The summed E-state index contributed by atoms with van der Waals surface area (Å²) in [5, 5.41) is 18.6. The summed E-state index contributed by atoms with van der Waals surface area (Å²) < 4.78 is 11.6. The summed E-state index contributed by atoms with van der Waals surface area (Å²) in [5.41, 5.74) is 3.99. The van der Waals surface area contributed by atoms with Crippen molar-refractivity contribution in [3.8, 4) is 28.5 Å². The van der Waals surface area contributed by atoms with Crippen molar-refractivity contribution in [1.29, 1.82) is 0 Å². The van der Waals surface area contributed by atoms with Gasteiger partial charge >= 0.3 is 0 Å². The van der Waals surface area contributed by atoms with Crippen molar-refractivity contribution in [2.45, 2.75) is 32.4 Å². The minimum atomic E-state index is -0.467. The molecule has 8 heteroatoms. The minimum Gasteiger partial charge on any atom is -0.507 e. The van der Waals surface area contributed by atoms with Crippen molar-refractivity contribution in [3.05, 3.63) is 94.1 Å². The number of carbonyl (C=O) groups excluding carboxylic acids is 1. The number of unbranched alkanes of at least 4 members (excludes halogenated alkanes) is 1. The van der Waals surface area contributed by atoms with Gasteiger partial charge in [-0.3, -0.25) is 9.89 Å². The molecule has 1 aliphatic rings. The highest BCUT2D eigenvalue weighted by atomic mass is 35.5. The number of fused-ring (bicyclic) bond motifs is 1. The lowest BCUT2D eigenvalue weighted by molar-refractivity contribution is 0.0730. The first kappa shape index (κ1) is 24.7. The molecule has 3 aromatic carbocycles. The predicted octanol–water partition coefficient (Wildman–Crippen LogP) is 6.37. The number of H-pyrrole nitrogens is 1. The molecule has 37 heavy (non-hydrogen) atoms. The number of aromatic hydroxyl groups is 1.